The second-order valence-electron chi connectivity index (χ2n) is 29.2. The zero-order valence-corrected chi connectivity index (χ0v) is 70.5. The molecule has 0 rings (SSSR count). The zero-order valence-electron chi connectivity index (χ0n) is 60.2. The summed E-state index contributed by atoms with van der Waals surface area (Å²) in [7, 11) is -8.31. The number of unbranched alkanes of at least 4 members (excludes halogenated alkanes) is 30. The van der Waals surface area contributed by atoms with E-state index in [0.29, 0.717) is 0 Å². The van der Waals surface area contributed by atoms with E-state index in [0.717, 1.165) is 0 Å². The van der Waals surface area contributed by atoms with E-state index >= 15 is 0 Å². The molecule has 0 aliphatic rings. The topological polar surface area (TPSA) is 40.2 Å². The van der Waals surface area contributed by atoms with Gasteiger partial charge in [0.1, 0.15) is 0 Å². The summed E-state index contributed by atoms with van der Waals surface area (Å²) in [4.78, 5) is 4.77. The average Bonchev–Trinajstić information content (AvgIpc) is 3.37. The van der Waals surface area contributed by atoms with Crippen molar-refractivity contribution in [3.63, 3.8) is 0 Å². The fourth-order valence-corrected chi connectivity index (χ4v) is 41.0. The third-order valence-electron chi connectivity index (χ3n) is 16.8. The normalized spacial score (nSPS) is 12.2. The highest BCUT2D eigenvalue weighted by Crippen LogP contribution is 2.29. The van der Waals surface area contributed by atoms with Crippen LogP contribution in [0.5, 0.6) is 0 Å². The molecular formula is C72H172I2N2O4Si6. The summed E-state index contributed by atoms with van der Waals surface area (Å²) in [6.07, 6.45) is 53.1. The lowest BCUT2D eigenvalue weighted by molar-refractivity contribution is -0.910. The van der Waals surface area contributed by atoms with Gasteiger partial charge in [0.25, 0.3) is 0 Å². The van der Waals surface area contributed by atoms with Crippen LogP contribution in [0.3, 0.4) is 0 Å². The first-order chi connectivity index (χ1) is 38.3. The van der Waals surface area contributed by atoms with Crippen molar-refractivity contribution in [3.05, 3.63) is 0 Å². The molecular weight excluding hydrogens is 1380 g/mol. The minimum absolute atomic E-state index is 0. The van der Waals surface area contributed by atoms with Gasteiger partial charge in [0.2, 0.25) is 0 Å². The Bertz CT molecular complexity index is 1300. The maximum atomic E-state index is 6.95. The molecule has 0 radical (unpaired) electrons. The van der Waals surface area contributed by atoms with E-state index in [1.165, 1.54) is 312 Å². The summed E-state index contributed by atoms with van der Waals surface area (Å²) >= 11 is 2.15. The predicted octanol–water partition coefficient (Wildman–Crippen LogP) is 24.6. The number of hydrogen-bond donors (Lipinski definition) is 0. The van der Waals surface area contributed by atoms with E-state index in [-0.39, 0.29) is 53.7 Å². The first kappa shape index (κ1) is 105. The molecule has 0 spiro atoms. The maximum Gasteiger partial charge on any atom is 0.311 e. The SMILES string of the molecule is C.C.C.C.CCCCCCCCCCN(CCCCCCCCCC)CCC[Si](C)(C)O[Si](C)(C)O[Si](C)(C)CCCC.CCCCCCCCCC[N+](C)(CCCCCCCCCC)CCC[Si](C)(C)O[Si](C)(C)O[Si](C)(C)CCCC.CI.[I-]. The van der Waals surface area contributed by atoms with Crippen LogP contribution in [0.25, 0.3) is 0 Å². The Kier molecular flexibility index (Phi) is 80.4. The van der Waals surface area contributed by atoms with Gasteiger partial charge < -0.3 is 49.8 Å². The van der Waals surface area contributed by atoms with E-state index in [2.05, 4.69) is 155 Å². The van der Waals surface area contributed by atoms with Crippen LogP contribution >= 0.6 is 22.6 Å². The first-order valence-corrected chi connectivity index (χ1v) is 56.3. The Balaban J connectivity index is -0.000000217. The van der Waals surface area contributed by atoms with Crippen LogP contribution in [0.1, 0.15) is 315 Å². The third kappa shape index (κ3) is 72.4. The van der Waals surface area contributed by atoms with Crippen LogP contribution in [-0.4, -0.2) is 111 Å². The molecule has 532 valence electrons. The molecule has 0 fully saturated rings. The Labute approximate surface area is 587 Å². The first-order valence-electron chi connectivity index (χ1n) is 36.0. The van der Waals surface area contributed by atoms with Crippen molar-refractivity contribution in [2.75, 3.05) is 51.2 Å². The monoisotopic (exact) mass is 1550 g/mol. The number of halogens is 2. The lowest BCUT2D eigenvalue weighted by atomic mass is 10.1. The van der Waals surface area contributed by atoms with Gasteiger partial charge in [0.05, 0.1) is 26.7 Å². The zero-order chi connectivity index (χ0) is 61.8. The quantitative estimate of drug-likeness (QED) is 0.0200. The van der Waals surface area contributed by atoms with Crippen molar-refractivity contribution >= 4 is 73.0 Å². The smallest absolute Gasteiger partial charge is 0.311 e. The van der Waals surface area contributed by atoms with Crippen molar-refractivity contribution in [2.45, 2.75) is 418 Å². The van der Waals surface area contributed by atoms with Gasteiger partial charge in [0.15, 0.2) is 33.3 Å². The van der Waals surface area contributed by atoms with Crippen LogP contribution in [0.2, 0.25) is 103 Å². The van der Waals surface area contributed by atoms with Crippen LogP contribution in [0.15, 0.2) is 0 Å². The van der Waals surface area contributed by atoms with E-state index in [4.69, 9.17) is 16.5 Å². The number of quaternary nitrogens is 1. The highest BCUT2D eigenvalue weighted by molar-refractivity contribution is 14.1. The fourth-order valence-electron chi connectivity index (χ4n) is 12.6. The summed E-state index contributed by atoms with van der Waals surface area (Å²) in [6.45, 7) is 50.3. The van der Waals surface area contributed by atoms with Gasteiger partial charge in [-0.05, 0) is 179 Å². The molecule has 0 aliphatic carbocycles. The predicted molar refractivity (Wildman–Crippen MR) is 422 cm³/mol. The molecule has 0 unspecified atom stereocenters. The minimum atomic E-state index is -2.09. The lowest BCUT2D eigenvalue weighted by Crippen LogP contribution is -3.00. The van der Waals surface area contributed by atoms with E-state index < -0.39 is 50.4 Å². The maximum absolute atomic E-state index is 6.95. The summed E-state index contributed by atoms with van der Waals surface area (Å²) in [5, 5.41) is 0. The molecule has 0 aromatic rings. The van der Waals surface area contributed by atoms with E-state index in [9.17, 15) is 0 Å². The molecule has 0 aliphatic heterocycles. The van der Waals surface area contributed by atoms with Gasteiger partial charge in [-0.3, -0.25) is 0 Å². The second kappa shape index (κ2) is 66.1. The van der Waals surface area contributed by atoms with Crippen molar-refractivity contribution < 1.29 is 44.9 Å². The number of nitrogens with zero attached hydrogens (tertiary/aromatic N) is 2. The molecule has 0 aromatic carbocycles. The molecule has 86 heavy (non-hydrogen) atoms. The molecule has 0 saturated heterocycles. The summed E-state index contributed by atoms with van der Waals surface area (Å²) in [5.41, 5.74) is 0. The van der Waals surface area contributed by atoms with Gasteiger partial charge in [-0.15, -0.1) is 0 Å². The van der Waals surface area contributed by atoms with E-state index in [1.54, 1.807) is 0 Å². The standard InChI is InChI=1S/C34H78NO2Si3.C33H75NO2Si3.CH3I.4CH4.HI/c1-11-14-17-19-21-23-25-27-30-35(4,31-28-26-24-22-20-18-15-12-2)32-29-34-39(7,8)37-40(9,10)36-38(5,6)33-16-13-3;1-10-13-16-18-20-22-24-26-29-34(30-27-25-23-21-19-17-14-11-2)31-28-33-38(6,7)36-39(8,9)35-37(4,5)32-15-12-3;1-2;;;;;/h11-34H2,1-10H3;10-33H2,1-9H3;1H3;4*1H4;1H/q+1;;;;;;;/p-1. The van der Waals surface area contributed by atoms with Crippen molar-refractivity contribution in [1.82, 2.24) is 4.90 Å². The highest BCUT2D eigenvalue weighted by atomic mass is 127. The molecule has 0 amide bonds. The number of rotatable bonds is 58. The van der Waals surface area contributed by atoms with Gasteiger partial charge in [0, 0.05) is 0 Å². The third-order valence-corrected chi connectivity index (χ3v) is 39.8. The van der Waals surface area contributed by atoms with Gasteiger partial charge >= 0.3 is 17.1 Å². The molecule has 14 heteroatoms. The van der Waals surface area contributed by atoms with E-state index in [1.807, 2.05) is 4.93 Å². The molecule has 0 bridgehead atoms. The molecule has 0 saturated carbocycles. The van der Waals surface area contributed by atoms with Gasteiger partial charge in [-0.2, -0.15) is 0 Å². The summed E-state index contributed by atoms with van der Waals surface area (Å²) in [5.74, 6) is 0. The largest absolute Gasteiger partial charge is 1.00 e. The number of hydrogen-bond acceptors (Lipinski definition) is 5. The molecule has 0 aromatic heterocycles. The molecule has 0 N–H and O–H groups in total. The van der Waals surface area contributed by atoms with Crippen LogP contribution in [0.4, 0.5) is 0 Å². The Morgan fingerprint density at radius 3 is 0.709 bits per heavy atom. The van der Waals surface area contributed by atoms with Crippen LogP contribution < -0.4 is 24.0 Å². The van der Waals surface area contributed by atoms with Crippen molar-refractivity contribution in [3.8, 4) is 0 Å². The van der Waals surface area contributed by atoms with Crippen LogP contribution in [0, 0.1) is 0 Å². The average molecular weight is 1550 g/mol. The molecule has 0 atom stereocenters. The Morgan fingerprint density at radius 1 is 0.267 bits per heavy atom. The number of alkyl halides is 1. The molecule has 0 heterocycles. The lowest BCUT2D eigenvalue weighted by Gasteiger charge is -2.39. The minimum Gasteiger partial charge on any atom is -1.00 e. The van der Waals surface area contributed by atoms with Gasteiger partial charge in [-0.25, -0.2) is 0 Å². The fraction of sp³-hybridized carbons (Fsp3) is 1.00. The van der Waals surface area contributed by atoms with Crippen molar-refractivity contribution in [2.24, 2.45) is 0 Å². The summed E-state index contributed by atoms with van der Waals surface area (Å²) < 4.78 is 28.7. The summed E-state index contributed by atoms with van der Waals surface area (Å²) in [6, 6.07) is 5.05. The van der Waals surface area contributed by atoms with Crippen LogP contribution in [-0.2, 0) is 16.5 Å². The van der Waals surface area contributed by atoms with Crippen molar-refractivity contribution in [1.29, 1.82) is 0 Å². The molecule has 6 nitrogen and oxygen atoms in total. The van der Waals surface area contributed by atoms with Gasteiger partial charge in [-0.1, -0.05) is 286 Å². The Morgan fingerprint density at radius 2 is 0.453 bits per heavy atom. The second-order valence-corrected chi connectivity index (χ2v) is 54.1. The highest BCUT2D eigenvalue weighted by Gasteiger charge is 2.41. The Hall–Kier alpha value is 2.52.